The minimum Gasteiger partial charge on any atom is -0.506 e. The van der Waals surface area contributed by atoms with E-state index in [0.29, 0.717) is 12.1 Å². The summed E-state index contributed by atoms with van der Waals surface area (Å²) in [4.78, 5) is 0. The maximum atomic E-state index is 10.2. The van der Waals surface area contributed by atoms with Crippen molar-refractivity contribution in [3.63, 3.8) is 0 Å². The average Bonchev–Trinajstić information content (AvgIpc) is 2.41. The molecule has 1 heterocycles. The molecule has 1 unspecified atom stereocenters. The third-order valence-corrected chi connectivity index (χ3v) is 3.02. The van der Waals surface area contributed by atoms with Crippen LogP contribution >= 0.6 is 0 Å². The minimum absolute atomic E-state index is 0.0938. The largest absolute Gasteiger partial charge is 0.506 e. The number of benzene rings is 1. The van der Waals surface area contributed by atoms with Gasteiger partial charge in [-0.15, -0.1) is 0 Å². The molecule has 0 aromatic heterocycles. The van der Waals surface area contributed by atoms with Gasteiger partial charge < -0.3 is 21.3 Å². The third-order valence-electron chi connectivity index (χ3n) is 3.02. The summed E-state index contributed by atoms with van der Waals surface area (Å²) < 4.78 is 0. The lowest BCUT2D eigenvalue weighted by molar-refractivity contribution is 0.176. The molecule has 0 saturated carbocycles. The maximum Gasteiger partial charge on any atom is 0.140 e. The van der Waals surface area contributed by atoms with Crippen LogP contribution in [0.3, 0.4) is 0 Å². The van der Waals surface area contributed by atoms with Crippen molar-refractivity contribution in [2.45, 2.75) is 19.4 Å². The Morgan fingerprint density at radius 3 is 2.84 bits per heavy atom. The molecule has 5 N–H and O–H groups in total. The van der Waals surface area contributed by atoms with Gasteiger partial charge in [-0.05, 0) is 24.6 Å². The predicted molar refractivity (Wildman–Crippen MR) is 75.0 cm³/mol. The highest BCUT2D eigenvalue weighted by Gasteiger charge is 2.15. The molecule has 0 fully saturated rings. The van der Waals surface area contributed by atoms with Crippen LogP contribution in [0.15, 0.2) is 59.8 Å². The highest BCUT2D eigenvalue weighted by molar-refractivity contribution is 5.36. The average molecular weight is 258 g/mol. The SMILES string of the molecule is Cc1cccc(C(O)CC2=CC=C(O)/C(=C/N)N2)c1. The Labute approximate surface area is 112 Å². The van der Waals surface area contributed by atoms with Gasteiger partial charge in [0.25, 0.3) is 0 Å². The smallest absolute Gasteiger partial charge is 0.140 e. The molecule has 0 radical (unpaired) electrons. The Bertz CT molecular complexity index is 559. The molecule has 0 aliphatic carbocycles. The van der Waals surface area contributed by atoms with E-state index >= 15 is 0 Å². The van der Waals surface area contributed by atoms with Crippen molar-refractivity contribution in [1.29, 1.82) is 0 Å². The van der Waals surface area contributed by atoms with E-state index in [4.69, 9.17) is 5.73 Å². The molecular weight excluding hydrogens is 240 g/mol. The van der Waals surface area contributed by atoms with Gasteiger partial charge in [-0.1, -0.05) is 29.8 Å². The Morgan fingerprint density at radius 1 is 1.37 bits per heavy atom. The van der Waals surface area contributed by atoms with Crippen LogP contribution in [0.5, 0.6) is 0 Å². The van der Waals surface area contributed by atoms with Crippen LogP contribution in [-0.2, 0) is 0 Å². The van der Waals surface area contributed by atoms with Gasteiger partial charge in [-0.3, -0.25) is 0 Å². The van der Waals surface area contributed by atoms with Crippen molar-refractivity contribution in [3.05, 3.63) is 70.9 Å². The molecule has 1 aliphatic heterocycles. The third kappa shape index (κ3) is 3.17. The van der Waals surface area contributed by atoms with Crippen molar-refractivity contribution in [2.75, 3.05) is 0 Å². The van der Waals surface area contributed by atoms with Crippen LogP contribution in [0.4, 0.5) is 0 Å². The number of aliphatic hydroxyl groups excluding tert-OH is 2. The molecular formula is C15H18N2O2. The summed E-state index contributed by atoms with van der Waals surface area (Å²) >= 11 is 0. The molecule has 100 valence electrons. The molecule has 1 aromatic rings. The van der Waals surface area contributed by atoms with Crippen molar-refractivity contribution < 1.29 is 10.2 Å². The van der Waals surface area contributed by atoms with Gasteiger partial charge in [0.1, 0.15) is 5.76 Å². The lowest BCUT2D eigenvalue weighted by Crippen LogP contribution is -2.20. The molecule has 4 heteroatoms. The summed E-state index contributed by atoms with van der Waals surface area (Å²) in [5, 5.41) is 22.7. The number of hydrogen-bond donors (Lipinski definition) is 4. The van der Waals surface area contributed by atoms with E-state index in [0.717, 1.165) is 16.8 Å². The van der Waals surface area contributed by atoms with E-state index in [2.05, 4.69) is 5.32 Å². The predicted octanol–water partition coefficient (Wildman–Crippen LogP) is 2.15. The van der Waals surface area contributed by atoms with Crippen molar-refractivity contribution in [2.24, 2.45) is 5.73 Å². The number of aryl methyl sites for hydroxylation is 1. The molecule has 1 atom stereocenters. The topological polar surface area (TPSA) is 78.5 Å². The maximum absolute atomic E-state index is 10.2. The number of aliphatic hydroxyl groups is 2. The van der Waals surface area contributed by atoms with Crippen LogP contribution in [0, 0.1) is 6.92 Å². The number of hydrogen-bond acceptors (Lipinski definition) is 4. The number of dihydropyridines is 1. The van der Waals surface area contributed by atoms with E-state index in [9.17, 15) is 10.2 Å². The van der Waals surface area contributed by atoms with Crippen molar-refractivity contribution in [3.8, 4) is 0 Å². The molecule has 0 amide bonds. The first-order valence-corrected chi connectivity index (χ1v) is 6.14. The lowest BCUT2D eigenvalue weighted by atomic mass is 10.0. The number of nitrogens with two attached hydrogens (primary N) is 1. The van der Waals surface area contributed by atoms with Gasteiger partial charge in [0, 0.05) is 18.3 Å². The minimum atomic E-state index is -0.591. The molecule has 1 aliphatic rings. The first kappa shape index (κ1) is 13.2. The van der Waals surface area contributed by atoms with E-state index in [1.807, 2.05) is 31.2 Å². The first-order valence-electron chi connectivity index (χ1n) is 6.14. The van der Waals surface area contributed by atoms with E-state index in [-0.39, 0.29) is 5.76 Å². The second-order valence-electron chi connectivity index (χ2n) is 4.58. The standard InChI is InChI=1S/C15H18N2O2/c1-10-3-2-4-11(7-10)15(19)8-12-5-6-14(18)13(9-16)17-12/h2-7,9,15,17-19H,8,16H2,1H3/b13-9-. The zero-order valence-electron chi connectivity index (χ0n) is 10.8. The highest BCUT2D eigenvalue weighted by Crippen LogP contribution is 2.23. The summed E-state index contributed by atoms with van der Waals surface area (Å²) in [6, 6.07) is 7.77. The van der Waals surface area contributed by atoms with Crippen LogP contribution in [0.1, 0.15) is 23.7 Å². The Kier molecular flexibility index (Phi) is 3.92. The van der Waals surface area contributed by atoms with Crippen LogP contribution < -0.4 is 11.1 Å². The van der Waals surface area contributed by atoms with Crippen molar-refractivity contribution in [1.82, 2.24) is 5.32 Å². The molecule has 1 aromatic carbocycles. The summed E-state index contributed by atoms with van der Waals surface area (Å²) in [6.45, 7) is 1.99. The summed E-state index contributed by atoms with van der Waals surface area (Å²) in [5.74, 6) is 0.0938. The second-order valence-corrected chi connectivity index (χ2v) is 4.58. The Morgan fingerprint density at radius 2 is 2.16 bits per heavy atom. The fourth-order valence-corrected chi connectivity index (χ4v) is 2.00. The molecule has 19 heavy (non-hydrogen) atoms. The fraction of sp³-hybridized carbons (Fsp3) is 0.200. The van der Waals surface area contributed by atoms with Gasteiger partial charge >= 0.3 is 0 Å². The van der Waals surface area contributed by atoms with Gasteiger partial charge in [0.15, 0.2) is 0 Å². The highest BCUT2D eigenvalue weighted by atomic mass is 16.3. The molecule has 2 rings (SSSR count). The van der Waals surface area contributed by atoms with Gasteiger partial charge in [-0.25, -0.2) is 0 Å². The summed E-state index contributed by atoms with van der Waals surface area (Å²) in [5.41, 5.74) is 8.65. The monoisotopic (exact) mass is 258 g/mol. The summed E-state index contributed by atoms with van der Waals surface area (Å²) in [6.07, 6.45) is 4.45. The quantitative estimate of drug-likeness (QED) is 0.670. The fourth-order valence-electron chi connectivity index (χ4n) is 2.00. The molecule has 0 saturated heterocycles. The second kappa shape index (κ2) is 5.63. The van der Waals surface area contributed by atoms with E-state index in [1.54, 1.807) is 12.2 Å². The molecule has 0 spiro atoms. The Hall–Kier alpha value is -2.20. The number of nitrogens with one attached hydrogen (secondary N) is 1. The molecule has 0 bridgehead atoms. The van der Waals surface area contributed by atoms with Gasteiger partial charge in [-0.2, -0.15) is 0 Å². The first-order chi connectivity index (χ1) is 9.10. The Balaban J connectivity index is 2.10. The zero-order valence-corrected chi connectivity index (χ0v) is 10.8. The van der Waals surface area contributed by atoms with E-state index in [1.165, 1.54) is 6.20 Å². The van der Waals surface area contributed by atoms with Gasteiger partial charge in [0.05, 0.1) is 11.8 Å². The van der Waals surface area contributed by atoms with Crippen LogP contribution in [0.2, 0.25) is 0 Å². The van der Waals surface area contributed by atoms with Crippen molar-refractivity contribution >= 4 is 0 Å². The summed E-state index contributed by atoms with van der Waals surface area (Å²) in [7, 11) is 0. The van der Waals surface area contributed by atoms with Gasteiger partial charge in [0.2, 0.25) is 0 Å². The number of rotatable bonds is 3. The van der Waals surface area contributed by atoms with Crippen LogP contribution in [-0.4, -0.2) is 10.2 Å². The lowest BCUT2D eigenvalue weighted by Gasteiger charge is -2.20. The molecule has 4 nitrogen and oxygen atoms in total. The zero-order chi connectivity index (χ0) is 13.8. The van der Waals surface area contributed by atoms with Crippen LogP contribution in [0.25, 0.3) is 0 Å². The number of allylic oxidation sites excluding steroid dienone is 2. The van der Waals surface area contributed by atoms with E-state index < -0.39 is 6.10 Å². The normalized spacial score (nSPS) is 18.5.